The van der Waals surface area contributed by atoms with Crippen LogP contribution in [0.4, 0.5) is 8.78 Å². The maximum Gasteiger partial charge on any atom is 0.332 e. The normalized spacial score (nSPS) is 12.3. The van der Waals surface area contributed by atoms with Crippen molar-refractivity contribution >= 4 is 26.8 Å². The van der Waals surface area contributed by atoms with E-state index in [2.05, 4.69) is 48.0 Å². The Morgan fingerprint density at radius 1 is 1.18 bits per heavy atom. The Kier molecular flexibility index (Phi) is 9.78. The number of azide groups is 1. The van der Waals surface area contributed by atoms with E-state index in [1.807, 2.05) is 31.2 Å². The van der Waals surface area contributed by atoms with Gasteiger partial charge in [-0.15, -0.1) is 10.6 Å². The Balaban J connectivity index is 1.51. The van der Waals surface area contributed by atoms with E-state index in [0.717, 1.165) is 10.0 Å². The molecule has 0 saturated carbocycles. The van der Waals surface area contributed by atoms with Gasteiger partial charge in [0, 0.05) is 44.7 Å². The number of aryl methyl sites for hydroxylation is 1. The molecule has 0 saturated heterocycles. The highest BCUT2D eigenvalue weighted by molar-refractivity contribution is 9.10. The molecule has 0 bridgehead atoms. The summed E-state index contributed by atoms with van der Waals surface area (Å²) < 4.78 is 44.7. The molecule has 0 aliphatic carbocycles. The molecule has 5 aromatic rings. The fraction of sp³-hybridized carbons (Fsp3) is 0.281. The smallest absolute Gasteiger partial charge is 0.332 e. The van der Waals surface area contributed by atoms with Crippen molar-refractivity contribution in [3.63, 3.8) is 0 Å². The number of benzene rings is 3. The molecular weight excluding hydrogens is 646 g/mol. The van der Waals surface area contributed by atoms with Gasteiger partial charge in [-0.3, -0.25) is 0 Å². The largest absolute Gasteiger partial charge is 0.454 e. The molecule has 5 rings (SSSR count). The summed E-state index contributed by atoms with van der Waals surface area (Å²) in [7, 11) is 1.68. The van der Waals surface area contributed by atoms with Gasteiger partial charge in [-0.05, 0) is 79.0 Å². The lowest BCUT2D eigenvalue weighted by Gasteiger charge is -2.23. The molecule has 0 aliphatic heterocycles. The number of nitrogens with one attached hydrogen (secondary N) is 1. The highest BCUT2D eigenvalue weighted by atomic mass is 79.9. The van der Waals surface area contributed by atoms with Gasteiger partial charge in [-0.2, -0.15) is 0 Å². The summed E-state index contributed by atoms with van der Waals surface area (Å²) in [5.41, 5.74) is 10.1. The summed E-state index contributed by atoms with van der Waals surface area (Å²) in [6, 6.07) is 15.0. The summed E-state index contributed by atoms with van der Waals surface area (Å²) in [6.45, 7) is 4.51. The Morgan fingerprint density at radius 3 is 2.80 bits per heavy atom. The van der Waals surface area contributed by atoms with Crippen LogP contribution in [-0.4, -0.2) is 33.3 Å². The molecule has 0 spiro atoms. The molecule has 1 atom stereocenters. The average Bonchev–Trinajstić information content (AvgIpc) is 3.66. The van der Waals surface area contributed by atoms with Crippen LogP contribution < -0.4 is 9.42 Å². The topological polar surface area (TPSA) is 118 Å². The zero-order valence-electron chi connectivity index (χ0n) is 24.9. The first-order valence-electron chi connectivity index (χ1n) is 14.1. The van der Waals surface area contributed by atoms with Crippen LogP contribution in [0.1, 0.15) is 37.8 Å². The van der Waals surface area contributed by atoms with Gasteiger partial charge >= 0.3 is 5.82 Å². The first-order valence-corrected chi connectivity index (χ1v) is 14.9. The van der Waals surface area contributed by atoms with E-state index in [1.54, 1.807) is 31.0 Å². The maximum atomic E-state index is 15.4. The molecule has 13 heteroatoms. The summed E-state index contributed by atoms with van der Waals surface area (Å²) in [5.74, 6) is 4.78. The summed E-state index contributed by atoms with van der Waals surface area (Å²) in [4.78, 5) is 7.35. The molecule has 45 heavy (non-hydrogen) atoms. The van der Waals surface area contributed by atoms with Gasteiger partial charge in [0.05, 0.1) is 29.5 Å². The third-order valence-electron chi connectivity index (χ3n) is 7.46. The highest BCUT2D eigenvalue weighted by Crippen LogP contribution is 2.37. The number of aromatic nitrogens is 5. The summed E-state index contributed by atoms with van der Waals surface area (Å²) in [6.07, 6.45) is 2.97. The molecule has 0 fully saturated rings. The molecule has 2 aromatic heterocycles. The molecular formula is C32H30BrF2N8O2+. The number of hydrogen-bond donors (Lipinski definition) is 1. The zero-order chi connectivity index (χ0) is 32.0. The Morgan fingerprint density at radius 2 is 2.02 bits per heavy atom. The lowest BCUT2D eigenvalue weighted by atomic mass is 9.88. The van der Waals surface area contributed by atoms with Gasteiger partial charge in [0.1, 0.15) is 18.2 Å². The van der Waals surface area contributed by atoms with E-state index < -0.39 is 17.2 Å². The second-order valence-corrected chi connectivity index (χ2v) is 11.3. The van der Waals surface area contributed by atoms with Crippen LogP contribution in [0.3, 0.4) is 0 Å². The van der Waals surface area contributed by atoms with E-state index >= 15 is 8.78 Å². The fourth-order valence-corrected chi connectivity index (χ4v) is 5.53. The number of fused-ring (bicyclic) bond motifs is 1. The summed E-state index contributed by atoms with van der Waals surface area (Å²) in [5, 5.41) is 13.7. The van der Waals surface area contributed by atoms with Gasteiger partial charge in [0.15, 0.2) is 17.1 Å². The van der Waals surface area contributed by atoms with E-state index in [4.69, 9.17) is 20.1 Å². The van der Waals surface area contributed by atoms with E-state index in [0.29, 0.717) is 42.5 Å². The van der Waals surface area contributed by atoms with E-state index in [1.165, 1.54) is 28.9 Å². The van der Waals surface area contributed by atoms with Crippen LogP contribution in [0.5, 0.6) is 11.5 Å². The van der Waals surface area contributed by atoms with Crippen LogP contribution in [0.25, 0.3) is 32.7 Å². The van der Waals surface area contributed by atoms with Crippen molar-refractivity contribution in [1.29, 1.82) is 0 Å². The van der Waals surface area contributed by atoms with Gasteiger partial charge in [0.2, 0.25) is 0 Å². The Hall–Kier alpha value is -4.76. The molecule has 10 nitrogen and oxygen atoms in total. The molecule has 1 N–H and O–H groups in total. The van der Waals surface area contributed by atoms with Crippen LogP contribution in [0.2, 0.25) is 0 Å². The Labute approximate surface area is 266 Å². The average molecular weight is 677 g/mol. The number of halogens is 3. The monoisotopic (exact) mass is 675 g/mol. The minimum absolute atomic E-state index is 0.110. The van der Waals surface area contributed by atoms with Gasteiger partial charge in [-0.1, -0.05) is 39.1 Å². The fourth-order valence-electron chi connectivity index (χ4n) is 5.13. The molecule has 2 heterocycles. The highest BCUT2D eigenvalue weighted by Gasteiger charge is 2.39. The third-order valence-corrected chi connectivity index (χ3v) is 7.96. The lowest BCUT2D eigenvalue weighted by molar-refractivity contribution is -0.723. The van der Waals surface area contributed by atoms with Crippen LogP contribution in [0.15, 0.2) is 70.4 Å². The molecule has 3 aromatic carbocycles. The van der Waals surface area contributed by atoms with E-state index in [9.17, 15) is 0 Å². The number of nitrogens with zero attached hydrogens (tertiary/aromatic N) is 7. The Bertz CT molecular complexity index is 1960. The van der Waals surface area contributed by atoms with Gasteiger partial charge < -0.3 is 14.5 Å². The number of tetrazole rings is 1. The lowest BCUT2D eigenvalue weighted by Crippen LogP contribution is -2.39. The second-order valence-electron chi connectivity index (χ2n) is 10.4. The first-order chi connectivity index (χ1) is 21.7. The number of hydrogen-bond acceptors (Lipinski definition) is 5. The summed E-state index contributed by atoms with van der Waals surface area (Å²) >= 11 is 3.56. The van der Waals surface area contributed by atoms with Gasteiger partial charge in [0.25, 0.3) is 0 Å². The van der Waals surface area contributed by atoms with Crippen molar-refractivity contribution in [2.45, 2.75) is 38.8 Å². The molecule has 0 amide bonds. The first kappa shape index (κ1) is 31.7. The molecule has 230 valence electrons. The van der Waals surface area contributed by atoms with E-state index in [-0.39, 0.29) is 29.4 Å². The van der Waals surface area contributed by atoms with Crippen molar-refractivity contribution in [3.05, 3.63) is 98.5 Å². The standard InChI is InChI=1S/C32H30BrF2N8O2/c1-4-5-15-44-16-7-13-32(2,21-8-6-9-22(33)17-21)43-39-31(42(3)41-43)25-18-23(10-11-27(25)34)45-30-26(20-38-40-36)24-12-14-37-29(24)19-28(30)35/h6,8-12,14,17-19,37H,7,13,15-16,20H2,1-3H3/q+1. The maximum absolute atomic E-state index is 15.4. The molecule has 1 unspecified atom stereocenters. The van der Waals surface area contributed by atoms with Crippen molar-refractivity contribution < 1.29 is 22.9 Å². The molecule has 0 radical (unpaired) electrons. The SMILES string of the molecule is CC#CCOCCCC(C)(c1cccc(Br)c1)n1nc(-c2cc(Oc3c(F)cc4[nH]ccc4c3CN=[N+]=[N-])ccc2F)[n+](C)n1. The van der Waals surface area contributed by atoms with Crippen molar-refractivity contribution in [2.24, 2.45) is 12.2 Å². The van der Waals surface area contributed by atoms with Gasteiger partial charge in [-0.25, -0.2) is 8.78 Å². The predicted molar refractivity (Wildman–Crippen MR) is 168 cm³/mol. The van der Waals surface area contributed by atoms with Crippen molar-refractivity contribution in [1.82, 2.24) is 20.1 Å². The van der Waals surface area contributed by atoms with Crippen molar-refractivity contribution in [2.75, 3.05) is 13.2 Å². The number of rotatable bonds is 12. The predicted octanol–water partition coefficient (Wildman–Crippen LogP) is 7.48. The minimum Gasteiger partial charge on any atom is -0.454 e. The molecule has 0 aliphatic rings. The van der Waals surface area contributed by atoms with Crippen molar-refractivity contribution in [3.8, 4) is 34.7 Å². The quantitative estimate of drug-likeness (QED) is 0.0368. The number of aromatic amines is 1. The number of ether oxygens (including phenoxy) is 2. The minimum atomic E-state index is -0.713. The van der Waals surface area contributed by atoms with Crippen LogP contribution >= 0.6 is 15.9 Å². The zero-order valence-corrected chi connectivity index (χ0v) is 26.5. The second kappa shape index (κ2) is 13.9. The van der Waals surface area contributed by atoms with Crippen LogP contribution in [0, 0.1) is 23.5 Å². The third kappa shape index (κ3) is 6.83. The van der Waals surface area contributed by atoms with Crippen LogP contribution in [-0.2, 0) is 23.9 Å². The number of H-pyrrole nitrogens is 1.